The molecule has 0 fully saturated rings. The van der Waals surface area contributed by atoms with Crippen molar-refractivity contribution in [3.63, 3.8) is 0 Å². The van der Waals surface area contributed by atoms with E-state index < -0.39 is 68.1 Å². The summed E-state index contributed by atoms with van der Waals surface area (Å²) in [5.74, 6) is -6.84. The molecule has 0 aromatic heterocycles. The Morgan fingerprint density at radius 2 is 0.787 bits per heavy atom. The highest BCUT2D eigenvalue weighted by molar-refractivity contribution is 7.86. The van der Waals surface area contributed by atoms with E-state index in [4.69, 9.17) is 89.4 Å². The molecule has 23 heteroatoms. The summed E-state index contributed by atoms with van der Waals surface area (Å²) in [6.07, 6.45) is -1.01. The van der Waals surface area contributed by atoms with Crippen molar-refractivity contribution in [2.24, 2.45) is 0 Å². The first-order valence-corrected chi connectivity index (χ1v) is 19.4. The fourth-order valence-electron chi connectivity index (χ4n) is 5.95. The molecule has 18 radical (unpaired) electrons. The number of ether oxygens (including phenoxy) is 4. The molecule has 292 valence electrons. The fraction of sp³-hybridized carbons (Fsp3) is 0.263. The molecule has 0 bridgehead atoms. The van der Waals surface area contributed by atoms with Crippen molar-refractivity contribution in [2.45, 2.75) is 55.8 Å². The summed E-state index contributed by atoms with van der Waals surface area (Å²) >= 11 is 0. The van der Waals surface area contributed by atoms with Crippen LogP contribution in [0.3, 0.4) is 0 Å². The molecule has 1 N–H and O–H groups in total. The maximum atomic E-state index is 14.3. The lowest BCUT2D eigenvalue weighted by molar-refractivity contribution is -0.00963. The van der Waals surface area contributed by atoms with E-state index in [0.717, 1.165) is 0 Å². The van der Waals surface area contributed by atoms with E-state index in [2.05, 4.69) is 4.74 Å². The van der Waals surface area contributed by atoms with Crippen LogP contribution in [0.25, 0.3) is 0 Å². The third kappa shape index (κ3) is 11.1. The smallest absolute Gasteiger partial charge is 0.402 e. The second-order valence-corrected chi connectivity index (χ2v) is 14.6. The third-order valence-electron chi connectivity index (χ3n) is 9.04. The lowest BCUT2D eigenvalue weighted by Crippen LogP contribution is -2.35. The Kier molecular flexibility index (Phi) is 16.6. The summed E-state index contributed by atoms with van der Waals surface area (Å²) in [6.45, 7) is -2.27. The maximum Gasteiger partial charge on any atom is 0.402 e. The van der Waals surface area contributed by atoms with Gasteiger partial charge in [-0.1, -0.05) is 109 Å². The van der Waals surface area contributed by atoms with Crippen molar-refractivity contribution in [2.75, 3.05) is 6.61 Å². The Bertz CT molecular complexity index is 2420. The van der Waals surface area contributed by atoms with Crippen LogP contribution in [0.5, 0.6) is 17.2 Å². The standard InChI is InChI=1S/C38H27B9F2O11S/c39-9-18-1-21(12-42)31(22(2-18)13-43)58-35(51)28-7-26(34(50)57-17-38(48,49)61(54,55)56)27(37(53)60-33-25(16-46)5-20(11-41)6-30(33)47)8-29(28)36(52)59-32-23(14-44)3-19(10-40)4-24(32)15-45/h1-8H,9-17H2,(H,54,55,56). The summed E-state index contributed by atoms with van der Waals surface area (Å²) < 4.78 is 81.9. The van der Waals surface area contributed by atoms with Gasteiger partial charge >= 0.3 is 39.2 Å². The van der Waals surface area contributed by atoms with Gasteiger partial charge in [0.05, 0.1) is 85.0 Å². The maximum absolute atomic E-state index is 14.3. The number of benzene rings is 4. The number of alkyl halides is 2. The van der Waals surface area contributed by atoms with Crippen LogP contribution >= 0.6 is 0 Å². The van der Waals surface area contributed by atoms with Gasteiger partial charge in [0.15, 0.2) is 6.61 Å². The minimum atomic E-state index is -6.13. The molecule has 4 rings (SSSR count). The van der Waals surface area contributed by atoms with Gasteiger partial charge < -0.3 is 18.9 Å². The van der Waals surface area contributed by atoms with E-state index in [1.165, 1.54) is 36.4 Å². The summed E-state index contributed by atoms with van der Waals surface area (Å²) in [5, 5.41) is -5.04. The summed E-state index contributed by atoms with van der Waals surface area (Å²) in [4.78, 5) is 56.3. The summed E-state index contributed by atoms with van der Waals surface area (Å²) in [7, 11) is 47.0. The van der Waals surface area contributed by atoms with Gasteiger partial charge in [-0.05, 0) is 39.9 Å². The van der Waals surface area contributed by atoms with E-state index in [-0.39, 0.29) is 101 Å². The molecule has 0 unspecified atom stereocenters. The SMILES string of the molecule is [B]Cc1cc([B])c(OC(=O)c2cc(C(=O)Oc3c(C[B])cc(C[B])cc3C[B])c(C(=O)Oc3c(C[B])cc(C[B])cc3C[B])cc2C(=O)OCC(F)(F)S(=O)(=O)O)c(C[B])c1. The first kappa shape index (κ1) is 48.8. The van der Waals surface area contributed by atoms with E-state index in [1.54, 1.807) is 0 Å². The van der Waals surface area contributed by atoms with Crippen molar-refractivity contribution in [1.82, 2.24) is 0 Å². The zero-order chi connectivity index (χ0) is 45.4. The van der Waals surface area contributed by atoms with Crippen LogP contribution in [-0.2, 0) is 65.4 Å². The largest absolute Gasteiger partial charge is 0.454 e. The molecule has 0 aliphatic carbocycles. The number of esters is 4. The predicted molar refractivity (Wildman–Crippen MR) is 228 cm³/mol. The number of halogens is 2. The molecular weight excluding hydrogens is 800 g/mol. The fourth-order valence-corrected chi connectivity index (χ4v) is 6.16. The molecule has 0 amide bonds. The van der Waals surface area contributed by atoms with Crippen LogP contribution in [0.4, 0.5) is 8.78 Å². The molecule has 0 heterocycles. The molecule has 0 saturated carbocycles. The monoisotopic (exact) mass is 828 g/mol. The number of hydrogen-bond donors (Lipinski definition) is 1. The second-order valence-electron chi connectivity index (χ2n) is 13.1. The van der Waals surface area contributed by atoms with E-state index >= 15 is 0 Å². The van der Waals surface area contributed by atoms with Crippen LogP contribution in [0.1, 0.15) is 85.9 Å². The van der Waals surface area contributed by atoms with Crippen LogP contribution < -0.4 is 19.7 Å². The van der Waals surface area contributed by atoms with Crippen LogP contribution in [-0.4, -0.2) is 119 Å². The lowest BCUT2D eigenvalue weighted by Gasteiger charge is -2.20. The second kappa shape index (κ2) is 20.8. The number of rotatable bonds is 18. The highest BCUT2D eigenvalue weighted by atomic mass is 32.2. The molecule has 0 saturated heterocycles. The minimum absolute atomic E-state index is 0.00203. The van der Waals surface area contributed by atoms with Crippen molar-refractivity contribution < 1.29 is 59.9 Å². The average Bonchev–Trinajstić information content (AvgIpc) is 3.24. The Labute approximate surface area is 363 Å². The first-order valence-electron chi connectivity index (χ1n) is 18.0. The van der Waals surface area contributed by atoms with Gasteiger partial charge in [0, 0.05) is 0 Å². The van der Waals surface area contributed by atoms with Gasteiger partial charge in [0.2, 0.25) is 0 Å². The molecule has 11 nitrogen and oxygen atoms in total. The summed E-state index contributed by atoms with van der Waals surface area (Å²) in [6, 6.07) is 10.1. The molecule has 0 aliphatic rings. The van der Waals surface area contributed by atoms with Crippen LogP contribution in [0, 0.1) is 0 Å². The molecule has 61 heavy (non-hydrogen) atoms. The van der Waals surface area contributed by atoms with Crippen molar-refractivity contribution in [3.8, 4) is 17.2 Å². The number of carbonyl (C=O) groups is 4. The number of carbonyl (C=O) groups excluding carboxylic acids is 4. The van der Waals surface area contributed by atoms with E-state index in [0.29, 0.717) is 28.8 Å². The quantitative estimate of drug-likeness (QED) is 0.0664. The number of hydrogen-bond acceptors (Lipinski definition) is 10. The van der Waals surface area contributed by atoms with Crippen LogP contribution in [0.15, 0.2) is 48.5 Å². The van der Waals surface area contributed by atoms with Crippen molar-refractivity contribution in [1.29, 1.82) is 0 Å². The molecule has 0 spiro atoms. The van der Waals surface area contributed by atoms with Gasteiger partial charge in [-0.2, -0.15) is 17.2 Å². The molecular formula is C38H27B9F2O11S. The molecule has 0 aliphatic heterocycles. The van der Waals surface area contributed by atoms with Gasteiger partial charge in [0.25, 0.3) is 0 Å². The lowest BCUT2D eigenvalue weighted by atomic mass is 9.83. The first-order chi connectivity index (χ1) is 28.8. The van der Waals surface area contributed by atoms with Crippen molar-refractivity contribution >= 4 is 110 Å². The predicted octanol–water partition coefficient (Wildman–Crippen LogP) is 1.12. The highest BCUT2D eigenvalue weighted by Crippen LogP contribution is 2.32. The van der Waals surface area contributed by atoms with E-state index in [1.807, 2.05) is 0 Å². The van der Waals surface area contributed by atoms with Gasteiger partial charge in [0.1, 0.15) is 25.1 Å². The van der Waals surface area contributed by atoms with Crippen molar-refractivity contribution in [3.05, 3.63) is 115 Å². The average molecular weight is 827 g/mol. The normalized spacial score (nSPS) is 11.5. The van der Waals surface area contributed by atoms with Gasteiger partial charge in [-0.25, -0.2) is 19.2 Å². The highest BCUT2D eigenvalue weighted by Gasteiger charge is 2.46. The molecule has 4 aromatic carbocycles. The minimum Gasteiger partial charge on any atom is -0.454 e. The van der Waals surface area contributed by atoms with Crippen LogP contribution in [0.2, 0.25) is 0 Å². The van der Waals surface area contributed by atoms with Gasteiger partial charge in [-0.3, -0.25) is 4.55 Å². The Balaban J connectivity index is 2.03. The molecule has 4 aromatic rings. The Morgan fingerprint density at radius 1 is 0.492 bits per heavy atom. The topological polar surface area (TPSA) is 160 Å². The summed E-state index contributed by atoms with van der Waals surface area (Å²) in [5.41, 5.74) is -1.12. The van der Waals surface area contributed by atoms with Gasteiger partial charge in [-0.15, -0.1) is 0 Å². The zero-order valence-electron chi connectivity index (χ0n) is 32.4. The third-order valence-corrected chi connectivity index (χ3v) is 9.91. The van der Waals surface area contributed by atoms with E-state index in [9.17, 15) is 36.4 Å². The Hall–Kier alpha value is -4.89. The molecule has 0 atom stereocenters. The Morgan fingerprint density at radius 3 is 1.10 bits per heavy atom. The zero-order valence-corrected chi connectivity index (χ0v) is 33.2.